The number of nitrogens with zero attached hydrogens (tertiary/aromatic N) is 3. The molecule has 150 valence electrons. The van der Waals surface area contributed by atoms with Gasteiger partial charge in [0.15, 0.2) is 0 Å². The van der Waals surface area contributed by atoms with Crippen LogP contribution in [-0.4, -0.2) is 60.0 Å². The van der Waals surface area contributed by atoms with Gasteiger partial charge < -0.3 is 10.2 Å². The van der Waals surface area contributed by atoms with Crippen LogP contribution in [0.2, 0.25) is 0 Å². The quantitative estimate of drug-likeness (QED) is 0.821. The molecule has 5 nitrogen and oxygen atoms in total. The fourth-order valence-electron chi connectivity index (χ4n) is 3.24. The zero-order chi connectivity index (χ0) is 20.0. The Bertz CT molecular complexity index is 775. The van der Waals surface area contributed by atoms with Crippen molar-refractivity contribution in [2.45, 2.75) is 12.6 Å². The van der Waals surface area contributed by atoms with Gasteiger partial charge in [-0.15, -0.1) is 0 Å². The highest BCUT2D eigenvalue weighted by Crippen LogP contribution is 2.34. The highest BCUT2D eigenvalue weighted by atomic mass is 19.4. The number of aromatic nitrogens is 1. The van der Waals surface area contributed by atoms with Crippen LogP contribution in [-0.2, 0) is 17.4 Å². The van der Waals surface area contributed by atoms with Crippen LogP contribution >= 0.6 is 0 Å². The van der Waals surface area contributed by atoms with Gasteiger partial charge in [-0.2, -0.15) is 13.2 Å². The molecule has 3 rings (SSSR count). The number of rotatable bonds is 6. The van der Waals surface area contributed by atoms with Crippen LogP contribution in [0.4, 0.5) is 18.9 Å². The number of carbonyl (C=O) groups is 1. The zero-order valence-electron chi connectivity index (χ0n) is 15.5. The van der Waals surface area contributed by atoms with Crippen molar-refractivity contribution in [2.24, 2.45) is 0 Å². The number of piperazine rings is 1. The van der Waals surface area contributed by atoms with Gasteiger partial charge >= 0.3 is 6.18 Å². The van der Waals surface area contributed by atoms with E-state index in [2.05, 4.69) is 15.2 Å². The maximum atomic E-state index is 13.0. The Morgan fingerprint density at radius 2 is 1.64 bits per heavy atom. The minimum absolute atomic E-state index is 0.0877. The molecule has 1 aromatic carbocycles. The van der Waals surface area contributed by atoms with Crippen LogP contribution in [0, 0.1) is 0 Å². The number of anilines is 1. The lowest BCUT2D eigenvalue weighted by molar-refractivity contribution is -0.137. The molecule has 1 aliphatic rings. The molecule has 0 radical (unpaired) electrons. The third kappa shape index (κ3) is 5.77. The fourth-order valence-corrected chi connectivity index (χ4v) is 3.24. The SMILES string of the molecule is O=C(CN1CCN(CCc2ccncc2)CC1)Nc1ccccc1C(F)(F)F. The van der Waals surface area contributed by atoms with E-state index >= 15 is 0 Å². The Morgan fingerprint density at radius 3 is 2.32 bits per heavy atom. The van der Waals surface area contributed by atoms with Crippen LogP contribution < -0.4 is 5.32 Å². The van der Waals surface area contributed by atoms with Crippen molar-refractivity contribution < 1.29 is 18.0 Å². The van der Waals surface area contributed by atoms with Crippen molar-refractivity contribution >= 4 is 11.6 Å². The van der Waals surface area contributed by atoms with Gasteiger partial charge in [-0.3, -0.25) is 14.7 Å². The number of alkyl halides is 3. The minimum atomic E-state index is -4.50. The molecule has 0 atom stereocenters. The summed E-state index contributed by atoms with van der Waals surface area (Å²) in [6.45, 7) is 4.11. The Labute approximate surface area is 162 Å². The number of carbonyl (C=O) groups excluding carboxylic acids is 1. The average molecular weight is 392 g/mol. The molecule has 1 aliphatic heterocycles. The van der Waals surface area contributed by atoms with Crippen molar-refractivity contribution in [3.63, 3.8) is 0 Å². The largest absolute Gasteiger partial charge is 0.418 e. The monoisotopic (exact) mass is 392 g/mol. The molecule has 2 heterocycles. The van der Waals surface area contributed by atoms with E-state index in [-0.39, 0.29) is 12.2 Å². The van der Waals surface area contributed by atoms with Crippen LogP contribution in [0.15, 0.2) is 48.8 Å². The Balaban J connectivity index is 1.44. The molecule has 0 aliphatic carbocycles. The molecule has 1 amide bonds. The molecule has 1 saturated heterocycles. The maximum Gasteiger partial charge on any atom is 0.418 e. The van der Waals surface area contributed by atoms with Crippen molar-refractivity contribution in [1.82, 2.24) is 14.8 Å². The summed E-state index contributed by atoms with van der Waals surface area (Å²) >= 11 is 0. The molecule has 1 aromatic heterocycles. The normalized spacial score (nSPS) is 16.1. The van der Waals surface area contributed by atoms with E-state index in [9.17, 15) is 18.0 Å². The van der Waals surface area contributed by atoms with Gasteiger partial charge in [-0.25, -0.2) is 0 Å². The van der Waals surface area contributed by atoms with Crippen LogP contribution in [0.3, 0.4) is 0 Å². The number of nitrogens with one attached hydrogen (secondary N) is 1. The summed E-state index contributed by atoms with van der Waals surface area (Å²) in [4.78, 5) is 20.5. The number of pyridine rings is 1. The maximum absolute atomic E-state index is 13.0. The van der Waals surface area contributed by atoms with E-state index in [4.69, 9.17) is 0 Å². The number of para-hydroxylation sites is 1. The van der Waals surface area contributed by atoms with E-state index < -0.39 is 17.6 Å². The zero-order valence-corrected chi connectivity index (χ0v) is 15.5. The predicted octanol–water partition coefficient (Wildman–Crippen LogP) is 2.90. The summed E-state index contributed by atoms with van der Waals surface area (Å²) < 4.78 is 39.1. The van der Waals surface area contributed by atoms with Crippen molar-refractivity contribution in [3.05, 3.63) is 59.9 Å². The smallest absolute Gasteiger partial charge is 0.324 e. The molecule has 0 spiro atoms. The average Bonchev–Trinajstić information content (AvgIpc) is 2.68. The van der Waals surface area contributed by atoms with Crippen molar-refractivity contribution in [1.29, 1.82) is 0 Å². The highest BCUT2D eigenvalue weighted by Gasteiger charge is 2.33. The fraction of sp³-hybridized carbons (Fsp3) is 0.400. The topological polar surface area (TPSA) is 48.5 Å². The lowest BCUT2D eigenvalue weighted by atomic mass is 10.1. The molecule has 0 unspecified atom stereocenters. The Morgan fingerprint density at radius 1 is 1.00 bits per heavy atom. The van der Waals surface area contributed by atoms with Gasteiger partial charge in [0.25, 0.3) is 0 Å². The Hall–Kier alpha value is -2.45. The summed E-state index contributed by atoms with van der Waals surface area (Å²) in [6, 6.07) is 9.03. The van der Waals surface area contributed by atoms with Crippen LogP contribution in [0.5, 0.6) is 0 Å². The molecule has 2 aromatic rings. The van der Waals surface area contributed by atoms with E-state index in [1.165, 1.54) is 23.8 Å². The van der Waals surface area contributed by atoms with E-state index in [0.717, 1.165) is 32.1 Å². The summed E-state index contributed by atoms with van der Waals surface area (Å²) in [5.74, 6) is -0.429. The second-order valence-corrected chi connectivity index (χ2v) is 6.81. The second-order valence-electron chi connectivity index (χ2n) is 6.81. The first kappa shape index (κ1) is 20.3. The summed E-state index contributed by atoms with van der Waals surface area (Å²) in [5.41, 5.74) is 0.209. The number of amides is 1. The summed E-state index contributed by atoms with van der Waals surface area (Å²) in [5, 5.41) is 2.40. The molecule has 0 saturated carbocycles. The van der Waals surface area contributed by atoms with Crippen molar-refractivity contribution in [2.75, 3.05) is 44.6 Å². The third-order valence-electron chi connectivity index (χ3n) is 4.80. The van der Waals surface area contributed by atoms with Gasteiger partial charge in [0.2, 0.25) is 5.91 Å². The molecular formula is C20H23F3N4O. The van der Waals surface area contributed by atoms with Gasteiger partial charge in [-0.1, -0.05) is 12.1 Å². The number of hydrogen-bond donors (Lipinski definition) is 1. The van der Waals surface area contributed by atoms with E-state index in [1.54, 1.807) is 12.4 Å². The Kier molecular flexibility index (Phi) is 6.64. The van der Waals surface area contributed by atoms with Gasteiger partial charge in [0.05, 0.1) is 17.8 Å². The molecule has 1 fully saturated rings. The highest BCUT2D eigenvalue weighted by molar-refractivity contribution is 5.93. The van der Waals surface area contributed by atoms with Gasteiger partial charge in [0.1, 0.15) is 0 Å². The second kappa shape index (κ2) is 9.16. The molecular weight excluding hydrogens is 369 g/mol. The lowest BCUT2D eigenvalue weighted by Gasteiger charge is -2.34. The molecule has 28 heavy (non-hydrogen) atoms. The number of benzene rings is 1. The first-order valence-electron chi connectivity index (χ1n) is 9.21. The van der Waals surface area contributed by atoms with Gasteiger partial charge in [0, 0.05) is 45.1 Å². The number of hydrogen-bond acceptors (Lipinski definition) is 4. The number of halogens is 3. The third-order valence-corrected chi connectivity index (χ3v) is 4.80. The standard InChI is InChI=1S/C20H23F3N4O/c21-20(22,23)17-3-1-2-4-18(17)25-19(28)15-27-13-11-26(12-14-27)10-7-16-5-8-24-9-6-16/h1-6,8-9H,7,10-15H2,(H,25,28). The van der Waals surface area contributed by atoms with Gasteiger partial charge in [-0.05, 0) is 36.2 Å². The lowest BCUT2D eigenvalue weighted by Crippen LogP contribution is -2.49. The van der Waals surface area contributed by atoms with Crippen molar-refractivity contribution in [3.8, 4) is 0 Å². The van der Waals surface area contributed by atoms with E-state index in [1.807, 2.05) is 17.0 Å². The summed E-state index contributed by atoms with van der Waals surface area (Å²) in [6.07, 6.45) is 0.00713. The van der Waals surface area contributed by atoms with Crippen LogP contribution in [0.1, 0.15) is 11.1 Å². The minimum Gasteiger partial charge on any atom is -0.324 e. The molecule has 0 bridgehead atoms. The van der Waals surface area contributed by atoms with E-state index in [0.29, 0.717) is 13.1 Å². The van der Waals surface area contributed by atoms with Crippen LogP contribution in [0.25, 0.3) is 0 Å². The molecule has 1 N–H and O–H groups in total. The summed E-state index contributed by atoms with van der Waals surface area (Å²) in [7, 11) is 0. The predicted molar refractivity (Wildman–Crippen MR) is 101 cm³/mol. The molecule has 8 heteroatoms. The first-order chi connectivity index (χ1) is 13.4. The first-order valence-corrected chi connectivity index (χ1v) is 9.21.